The Balaban J connectivity index is 2.06. The van der Waals surface area contributed by atoms with Gasteiger partial charge in [-0.3, -0.25) is 0 Å². The number of thiophene rings is 1. The molecule has 0 bridgehead atoms. The summed E-state index contributed by atoms with van der Waals surface area (Å²) < 4.78 is 5.31. The van der Waals surface area contributed by atoms with Crippen LogP contribution in [0.3, 0.4) is 0 Å². The van der Waals surface area contributed by atoms with Gasteiger partial charge < -0.3 is 9.64 Å². The molecule has 25 heavy (non-hydrogen) atoms. The molecule has 0 aliphatic carbocycles. The molecule has 5 nitrogen and oxygen atoms in total. The maximum absolute atomic E-state index is 12.4. The maximum Gasteiger partial charge on any atom is 0.348 e. The first-order chi connectivity index (χ1) is 11.9. The Bertz CT molecular complexity index is 782. The van der Waals surface area contributed by atoms with Crippen molar-refractivity contribution >= 4 is 44.9 Å². The van der Waals surface area contributed by atoms with E-state index in [-0.39, 0.29) is 11.3 Å². The number of aromatic nitrogens is 2. The number of anilines is 1. The summed E-state index contributed by atoms with van der Waals surface area (Å²) in [5.74, 6) is 1.75. The first kappa shape index (κ1) is 18.4. The van der Waals surface area contributed by atoms with Crippen LogP contribution in [-0.2, 0) is 4.74 Å². The highest BCUT2D eigenvalue weighted by Gasteiger charge is 2.28. The lowest BCUT2D eigenvalue weighted by molar-refractivity contribution is 0.0510. The van der Waals surface area contributed by atoms with Gasteiger partial charge in [-0.05, 0) is 48.8 Å². The van der Waals surface area contributed by atoms with E-state index in [9.17, 15) is 4.79 Å². The van der Waals surface area contributed by atoms with Crippen molar-refractivity contribution in [3.63, 3.8) is 0 Å². The Morgan fingerprint density at radius 3 is 2.64 bits per heavy atom. The van der Waals surface area contributed by atoms with Gasteiger partial charge in [-0.25, -0.2) is 9.78 Å². The van der Waals surface area contributed by atoms with Crippen molar-refractivity contribution in [2.24, 2.45) is 11.8 Å². The van der Waals surface area contributed by atoms with Crippen molar-refractivity contribution in [2.75, 3.05) is 24.6 Å². The minimum absolute atomic E-state index is 0.225. The minimum Gasteiger partial charge on any atom is -0.462 e. The number of carbonyl (C=O) groups excluding carboxylic acids is 1. The monoisotopic (exact) mass is 381 g/mol. The van der Waals surface area contributed by atoms with Gasteiger partial charge in [0, 0.05) is 13.1 Å². The Labute approximate surface area is 157 Å². The number of ether oxygens (including phenoxy) is 1. The van der Waals surface area contributed by atoms with E-state index in [0.717, 1.165) is 41.1 Å². The fourth-order valence-corrected chi connectivity index (χ4v) is 4.90. The van der Waals surface area contributed by atoms with Gasteiger partial charge >= 0.3 is 5.97 Å². The summed E-state index contributed by atoms with van der Waals surface area (Å²) in [5, 5.41) is 1.15. The van der Waals surface area contributed by atoms with E-state index in [0.29, 0.717) is 23.3 Å². The second kappa shape index (κ2) is 7.46. The summed E-state index contributed by atoms with van der Waals surface area (Å²) >= 11 is 7.52. The van der Waals surface area contributed by atoms with Crippen molar-refractivity contribution in [2.45, 2.75) is 40.5 Å². The molecule has 1 aliphatic rings. The number of carbonyl (C=O) groups is 1. The predicted molar refractivity (Wildman–Crippen MR) is 103 cm³/mol. The second-order valence-corrected chi connectivity index (χ2v) is 8.38. The van der Waals surface area contributed by atoms with Crippen molar-refractivity contribution in [1.82, 2.24) is 9.97 Å². The smallest absolute Gasteiger partial charge is 0.348 e. The average molecular weight is 382 g/mol. The third-order valence-corrected chi connectivity index (χ3v) is 5.87. The largest absolute Gasteiger partial charge is 0.462 e. The van der Waals surface area contributed by atoms with Crippen LogP contribution in [0.1, 0.15) is 48.8 Å². The molecule has 3 rings (SSSR count). The standard InChI is InChI=1S/C18H24ClN3O2S/c1-5-6-24-17(23)14-12(4)13-15(20-18(19)21-16(13)25-14)22-8-10(2)7-11(3)9-22/h10-11H,5-9H2,1-4H3. The van der Waals surface area contributed by atoms with Gasteiger partial charge in [0.2, 0.25) is 5.28 Å². The van der Waals surface area contributed by atoms with Crippen LogP contribution in [0.25, 0.3) is 10.2 Å². The molecule has 136 valence electrons. The van der Waals surface area contributed by atoms with E-state index < -0.39 is 0 Å². The second-order valence-electron chi connectivity index (χ2n) is 7.04. The number of esters is 1. The fourth-order valence-electron chi connectivity index (χ4n) is 3.61. The van der Waals surface area contributed by atoms with Crippen LogP contribution < -0.4 is 4.90 Å². The van der Waals surface area contributed by atoms with Gasteiger partial charge in [0.25, 0.3) is 0 Å². The molecule has 3 heterocycles. The van der Waals surface area contributed by atoms with Gasteiger partial charge in [-0.15, -0.1) is 11.3 Å². The highest BCUT2D eigenvalue weighted by Crippen LogP contribution is 2.38. The zero-order valence-corrected chi connectivity index (χ0v) is 16.7. The van der Waals surface area contributed by atoms with Gasteiger partial charge in [0.05, 0.1) is 12.0 Å². The molecule has 2 aromatic rings. The van der Waals surface area contributed by atoms with E-state index in [1.54, 1.807) is 0 Å². The highest BCUT2D eigenvalue weighted by atomic mass is 35.5. The predicted octanol–water partition coefficient (Wildman–Crippen LogP) is 4.70. The molecule has 1 fully saturated rings. The summed E-state index contributed by atoms with van der Waals surface area (Å²) in [5.41, 5.74) is 0.888. The number of halogens is 1. The van der Waals surface area contributed by atoms with Gasteiger partial charge in [-0.1, -0.05) is 20.8 Å². The Morgan fingerprint density at radius 2 is 2.00 bits per heavy atom. The lowest BCUT2D eigenvalue weighted by atomic mass is 9.92. The van der Waals surface area contributed by atoms with Crippen LogP contribution in [0, 0.1) is 18.8 Å². The topological polar surface area (TPSA) is 55.3 Å². The lowest BCUT2D eigenvalue weighted by Crippen LogP contribution is -2.39. The minimum atomic E-state index is -0.287. The Morgan fingerprint density at radius 1 is 1.32 bits per heavy atom. The molecule has 0 N–H and O–H groups in total. The van der Waals surface area contributed by atoms with Crippen LogP contribution in [-0.4, -0.2) is 35.6 Å². The molecule has 0 aromatic carbocycles. The number of fused-ring (bicyclic) bond motifs is 1. The van der Waals surface area contributed by atoms with Gasteiger partial charge in [-0.2, -0.15) is 4.98 Å². The number of rotatable bonds is 4. The van der Waals surface area contributed by atoms with E-state index in [4.69, 9.17) is 16.3 Å². The van der Waals surface area contributed by atoms with E-state index >= 15 is 0 Å². The molecular formula is C18H24ClN3O2S. The third kappa shape index (κ3) is 3.75. The number of piperidine rings is 1. The molecule has 0 spiro atoms. The molecule has 0 radical (unpaired) electrons. The van der Waals surface area contributed by atoms with Crippen molar-refractivity contribution in [1.29, 1.82) is 0 Å². The van der Waals surface area contributed by atoms with Gasteiger partial charge in [0.15, 0.2) is 0 Å². The number of hydrogen-bond donors (Lipinski definition) is 0. The summed E-state index contributed by atoms with van der Waals surface area (Å²) in [6.45, 7) is 10.8. The van der Waals surface area contributed by atoms with Crippen LogP contribution in [0.2, 0.25) is 5.28 Å². The van der Waals surface area contributed by atoms with Crippen molar-refractivity contribution < 1.29 is 9.53 Å². The quantitative estimate of drug-likeness (QED) is 0.567. The zero-order valence-electron chi connectivity index (χ0n) is 15.1. The molecule has 0 amide bonds. The Hall–Kier alpha value is -1.40. The normalized spacial score (nSPS) is 20.9. The molecule has 1 saturated heterocycles. The molecule has 7 heteroatoms. The van der Waals surface area contributed by atoms with Crippen LogP contribution in [0.5, 0.6) is 0 Å². The van der Waals surface area contributed by atoms with E-state index in [2.05, 4.69) is 28.7 Å². The molecule has 2 atom stereocenters. The molecule has 2 unspecified atom stereocenters. The third-order valence-electron chi connectivity index (χ3n) is 4.53. The van der Waals surface area contributed by atoms with Gasteiger partial charge in [0.1, 0.15) is 15.5 Å². The van der Waals surface area contributed by atoms with Crippen LogP contribution >= 0.6 is 22.9 Å². The summed E-state index contributed by atoms with van der Waals surface area (Å²) in [6, 6.07) is 0. The highest BCUT2D eigenvalue weighted by molar-refractivity contribution is 7.20. The number of aryl methyl sites for hydroxylation is 1. The summed E-state index contributed by atoms with van der Waals surface area (Å²) in [4.78, 5) is 24.9. The van der Waals surface area contributed by atoms with E-state index in [1.807, 2.05) is 13.8 Å². The Kier molecular flexibility index (Phi) is 5.49. The SMILES string of the molecule is CCCOC(=O)c1sc2nc(Cl)nc(N3CC(C)CC(C)C3)c2c1C. The fraction of sp³-hybridized carbons (Fsp3) is 0.611. The van der Waals surface area contributed by atoms with Crippen molar-refractivity contribution in [3.05, 3.63) is 15.7 Å². The molecule has 2 aromatic heterocycles. The first-order valence-corrected chi connectivity index (χ1v) is 9.98. The summed E-state index contributed by atoms with van der Waals surface area (Å²) in [7, 11) is 0. The molecule has 1 aliphatic heterocycles. The molecule has 0 saturated carbocycles. The summed E-state index contributed by atoms with van der Waals surface area (Å²) in [6.07, 6.45) is 2.02. The maximum atomic E-state index is 12.4. The van der Waals surface area contributed by atoms with Crippen molar-refractivity contribution in [3.8, 4) is 0 Å². The average Bonchev–Trinajstić information content (AvgIpc) is 2.87. The number of hydrogen-bond acceptors (Lipinski definition) is 6. The zero-order chi connectivity index (χ0) is 18.1. The number of nitrogens with zero attached hydrogens (tertiary/aromatic N) is 3. The van der Waals surface area contributed by atoms with E-state index in [1.165, 1.54) is 17.8 Å². The van der Waals surface area contributed by atoms with Crippen LogP contribution in [0.4, 0.5) is 5.82 Å². The lowest BCUT2D eigenvalue weighted by Gasteiger charge is -2.36. The molecular weight excluding hydrogens is 358 g/mol. The van der Waals surface area contributed by atoms with Crippen LogP contribution in [0.15, 0.2) is 0 Å². The first-order valence-electron chi connectivity index (χ1n) is 8.79.